The summed E-state index contributed by atoms with van der Waals surface area (Å²) in [5, 5.41) is 11.1. The molecule has 2 aliphatic rings. The van der Waals surface area contributed by atoms with E-state index in [1.165, 1.54) is 11.1 Å². The van der Waals surface area contributed by atoms with Crippen molar-refractivity contribution in [1.82, 2.24) is 0 Å². The average Bonchev–Trinajstić information content (AvgIpc) is 2.47. The highest BCUT2D eigenvalue weighted by molar-refractivity contribution is 5.32. The van der Waals surface area contributed by atoms with Gasteiger partial charge in [0.15, 0.2) is 0 Å². The first-order valence-electron chi connectivity index (χ1n) is 7.26. The average molecular weight is 261 g/mol. The van der Waals surface area contributed by atoms with E-state index in [4.69, 9.17) is 10.5 Å². The Labute approximate surface area is 114 Å². The van der Waals surface area contributed by atoms with Crippen LogP contribution in [0.1, 0.15) is 30.4 Å². The van der Waals surface area contributed by atoms with Gasteiger partial charge < -0.3 is 15.6 Å². The van der Waals surface area contributed by atoms with Gasteiger partial charge in [-0.1, -0.05) is 24.3 Å². The second-order valence-electron chi connectivity index (χ2n) is 6.07. The van der Waals surface area contributed by atoms with Gasteiger partial charge in [0.2, 0.25) is 0 Å². The van der Waals surface area contributed by atoms with E-state index in [1.807, 2.05) is 0 Å². The summed E-state index contributed by atoms with van der Waals surface area (Å²) >= 11 is 0. The van der Waals surface area contributed by atoms with E-state index in [-0.39, 0.29) is 5.41 Å². The third-order valence-corrected chi connectivity index (χ3v) is 5.22. The molecule has 1 atom stereocenters. The first-order valence-corrected chi connectivity index (χ1v) is 7.26. The SMILES string of the molecule is NCC1(C2(O)CCOCC2)CCc2ccccc2C1. The zero-order valence-electron chi connectivity index (χ0n) is 11.4. The van der Waals surface area contributed by atoms with Crippen LogP contribution in [0.3, 0.4) is 0 Å². The molecular weight excluding hydrogens is 238 g/mol. The van der Waals surface area contributed by atoms with Gasteiger partial charge in [-0.2, -0.15) is 0 Å². The summed E-state index contributed by atoms with van der Waals surface area (Å²) in [6.07, 6.45) is 4.34. The maximum Gasteiger partial charge on any atom is 0.0762 e. The van der Waals surface area contributed by atoms with Crippen molar-refractivity contribution >= 4 is 0 Å². The van der Waals surface area contributed by atoms with Gasteiger partial charge in [0.1, 0.15) is 0 Å². The fraction of sp³-hybridized carbons (Fsp3) is 0.625. The Morgan fingerprint density at radius 1 is 1.11 bits per heavy atom. The van der Waals surface area contributed by atoms with Crippen LogP contribution in [-0.4, -0.2) is 30.5 Å². The highest BCUT2D eigenvalue weighted by Gasteiger charge is 2.50. The number of aliphatic hydroxyl groups is 1. The van der Waals surface area contributed by atoms with Crippen LogP contribution < -0.4 is 5.73 Å². The fourth-order valence-electron chi connectivity index (χ4n) is 3.80. The third-order valence-electron chi connectivity index (χ3n) is 5.22. The minimum absolute atomic E-state index is 0.175. The van der Waals surface area contributed by atoms with E-state index < -0.39 is 5.60 Å². The van der Waals surface area contributed by atoms with Crippen LogP contribution in [0, 0.1) is 5.41 Å². The Balaban J connectivity index is 1.93. The van der Waals surface area contributed by atoms with E-state index in [9.17, 15) is 5.11 Å². The molecule has 1 heterocycles. The molecule has 1 fully saturated rings. The van der Waals surface area contributed by atoms with Gasteiger partial charge in [-0.3, -0.25) is 0 Å². The Hall–Kier alpha value is -0.900. The zero-order chi connectivity index (χ0) is 13.3. The zero-order valence-corrected chi connectivity index (χ0v) is 11.4. The quantitative estimate of drug-likeness (QED) is 0.851. The lowest BCUT2D eigenvalue weighted by molar-refractivity contribution is -0.146. The van der Waals surface area contributed by atoms with E-state index in [0.717, 1.165) is 19.3 Å². The Morgan fingerprint density at radius 3 is 2.47 bits per heavy atom. The number of benzene rings is 1. The predicted octanol–water partition coefficient (Wildman–Crippen LogP) is 1.66. The van der Waals surface area contributed by atoms with Gasteiger partial charge in [0, 0.05) is 38.0 Å². The van der Waals surface area contributed by atoms with E-state index in [2.05, 4.69) is 24.3 Å². The molecular formula is C16H23NO2. The lowest BCUT2D eigenvalue weighted by atomic mass is 9.59. The van der Waals surface area contributed by atoms with Gasteiger partial charge in [-0.25, -0.2) is 0 Å². The second kappa shape index (κ2) is 4.89. The van der Waals surface area contributed by atoms with Crippen LogP contribution in [0.5, 0.6) is 0 Å². The van der Waals surface area contributed by atoms with Gasteiger partial charge >= 0.3 is 0 Å². The molecule has 1 aliphatic carbocycles. The summed E-state index contributed by atoms with van der Waals surface area (Å²) < 4.78 is 5.41. The molecule has 3 nitrogen and oxygen atoms in total. The Kier molecular flexibility index (Phi) is 3.37. The van der Waals surface area contributed by atoms with Crippen LogP contribution >= 0.6 is 0 Å². The van der Waals surface area contributed by atoms with Crippen LogP contribution in [0.25, 0.3) is 0 Å². The lowest BCUT2D eigenvalue weighted by Crippen LogP contribution is -2.57. The Morgan fingerprint density at radius 2 is 1.79 bits per heavy atom. The molecule has 1 unspecified atom stereocenters. The topological polar surface area (TPSA) is 55.5 Å². The molecule has 3 N–H and O–H groups in total. The molecule has 19 heavy (non-hydrogen) atoms. The summed E-state index contributed by atoms with van der Waals surface area (Å²) in [5.74, 6) is 0. The summed E-state index contributed by atoms with van der Waals surface area (Å²) in [7, 11) is 0. The van der Waals surface area contributed by atoms with E-state index >= 15 is 0 Å². The largest absolute Gasteiger partial charge is 0.389 e. The van der Waals surface area contributed by atoms with E-state index in [0.29, 0.717) is 32.6 Å². The lowest BCUT2D eigenvalue weighted by Gasteiger charge is -2.51. The molecule has 0 bridgehead atoms. The summed E-state index contributed by atoms with van der Waals surface area (Å²) in [4.78, 5) is 0. The molecule has 1 aromatic carbocycles. The molecule has 104 valence electrons. The molecule has 1 aromatic rings. The van der Waals surface area contributed by atoms with Gasteiger partial charge in [0.05, 0.1) is 5.60 Å². The van der Waals surface area contributed by atoms with Crippen LogP contribution in [0.15, 0.2) is 24.3 Å². The fourth-order valence-corrected chi connectivity index (χ4v) is 3.80. The maximum absolute atomic E-state index is 11.1. The normalized spacial score (nSPS) is 29.8. The molecule has 1 saturated heterocycles. The number of ether oxygens (including phenoxy) is 1. The minimum atomic E-state index is -0.659. The molecule has 0 spiro atoms. The van der Waals surface area contributed by atoms with Crippen molar-refractivity contribution in [1.29, 1.82) is 0 Å². The number of nitrogens with two attached hydrogens (primary N) is 1. The van der Waals surface area contributed by atoms with Crippen molar-refractivity contribution in [3.05, 3.63) is 35.4 Å². The van der Waals surface area contributed by atoms with Crippen molar-refractivity contribution in [3.8, 4) is 0 Å². The second-order valence-corrected chi connectivity index (χ2v) is 6.07. The summed E-state index contributed by atoms with van der Waals surface area (Å²) in [6.45, 7) is 1.86. The number of rotatable bonds is 2. The summed E-state index contributed by atoms with van der Waals surface area (Å²) in [5.41, 5.74) is 8.05. The smallest absolute Gasteiger partial charge is 0.0762 e. The number of fused-ring (bicyclic) bond motifs is 1. The van der Waals surface area contributed by atoms with Crippen molar-refractivity contribution in [2.75, 3.05) is 19.8 Å². The van der Waals surface area contributed by atoms with Crippen molar-refractivity contribution < 1.29 is 9.84 Å². The molecule has 0 aromatic heterocycles. The first-order chi connectivity index (χ1) is 9.19. The number of hydrogen-bond acceptors (Lipinski definition) is 3. The summed E-state index contributed by atoms with van der Waals surface area (Å²) in [6, 6.07) is 8.56. The van der Waals surface area contributed by atoms with Crippen LogP contribution in [0.4, 0.5) is 0 Å². The number of hydrogen-bond donors (Lipinski definition) is 2. The molecule has 0 saturated carbocycles. The van der Waals surface area contributed by atoms with E-state index in [1.54, 1.807) is 0 Å². The maximum atomic E-state index is 11.1. The van der Waals surface area contributed by atoms with Gasteiger partial charge in [-0.15, -0.1) is 0 Å². The molecule has 0 radical (unpaired) electrons. The first kappa shape index (κ1) is 13.1. The standard InChI is InChI=1S/C16H23NO2/c17-12-15(16(18)7-9-19-10-8-16)6-5-13-3-1-2-4-14(13)11-15/h1-4,18H,5-12,17H2. The van der Waals surface area contributed by atoms with Crippen LogP contribution in [0.2, 0.25) is 0 Å². The molecule has 3 heteroatoms. The molecule has 3 rings (SSSR count). The predicted molar refractivity (Wildman–Crippen MR) is 75.0 cm³/mol. The Bertz CT molecular complexity index is 454. The van der Waals surface area contributed by atoms with Crippen molar-refractivity contribution in [3.63, 3.8) is 0 Å². The molecule has 0 amide bonds. The molecule has 1 aliphatic heterocycles. The van der Waals surface area contributed by atoms with Crippen LogP contribution in [-0.2, 0) is 17.6 Å². The number of aryl methyl sites for hydroxylation is 1. The highest BCUT2D eigenvalue weighted by atomic mass is 16.5. The van der Waals surface area contributed by atoms with Gasteiger partial charge in [0.25, 0.3) is 0 Å². The minimum Gasteiger partial charge on any atom is -0.389 e. The van der Waals surface area contributed by atoms with Crippen molar-refractivity contribution in [2.45, 2.75) is 37.7 Å². The van der Waals surface area contributed by atoms with Crippen molar-refractivity contribution in [2.24, 2.45) is 11.1 Å². The van der Waals surface area contributed by atoms with Gasteiger partial charge in [-0.05, 0) is 30.4 Å². The monoisotopic (exact) mass is 261 g/mol. The highest BCUT2D eigenvalue weighted by Crippen LogP contribution is 2.47. The third kappa shape index (κ3) is 2.10.